The van der Waals surface area contributed by atoms with Crippen LogP contribution in [-0.4, -0.2) is 24.7 Å². The zero-order valence-electron chi connectivity index (χ0n) is 22.6. The highest BCUT2D eigenvalue weighted by Gasteiger charge is 2.15. The van der Waals surface area contributed by atoms with E-state index in [4.69, 9.17) is 9.97 Å². The normalized spacial score (nSPS) is 11.6. The quantitative estimate of drug-likeness (QED) is 0.231. The molecule has 6 nitrogen and oxygen atoms in total. The summed E-state index contributed by atoms with van der Waals surface area (Å²) in [5.41, 5.74) is 8.37. The van der Waals surface area contributed by atoms with Gasteiger partial charge in [0.15, 0.2) is 0 Å². The monoisotopic (exact) mass is 520 g/mol. The maximum atomic E-state index is 4.94. The Bertz CT molecular complexity index is 2040. The van der Waals surface area contributed by atoms with Crippen LogP contribution in [0.25, 0.3) is 55.0 Å². The molecule has 0 atom stereocenters. The van der Waals surface area contributed by atoms with Gasteiger partial charge in [0.25, 0.3) is 0 Å². The van der Waals surface area contributed by atoms with Crippen LogP contribution < -0.4 is 5.32 Å². The van der Waals surface area contributed by atoms with Crippen molar-refractivity contribution < 1.29 is 0 Å². The van der Waals surface area contributed by atoms with Gasteiger partial charge >= 0.3 is 0 Å². The van der Waals surface area contributed by atoms with Crippen LogP contribution in [0.2, 0.25) is 0 Å². The molecule has 1 N–H and O–H groups in total. The fraction of sp³-hybridized carbons (Fsp3) is 0.118. The molecule has 0 aliphatic rings. The Kier molecular flexibility index (Phi) is 5.74. The highest BCUT2D eigenvalue weighted by Crippen LogP contribution is 2.38. The summed E-state index contributed by atoms with van der Waals surface area (Å²) in [6, 6.07) is 27.5. The summed E-state index contributed by atoms with van der Waals surface area (Å²) in [7, 11) is 1.90. The number of hydrogen-bond acceptors (Lipinski definition) is 5. The summed E-state index contributed by atoms with van der Waals surface area (Å²) in [4.78, 5) is 14.3. The molecule has 40 heavy (non-hydrogen) atoms. The molecule has 0 aliphatic heterocycles. The number of rotatable bonds is 5. The molecule has 0 fully saturated rings. The van der Waals surface area contributed by atoms with Crippen molar-refractivity contribution in [2.45, 2.75) is 19.8 Å². The van der Waals surface area contributed by atoms with Crippen molar-refractivity contribution in [3.05, 3.63) is 109 Å². The number of fused-ring (bicyclic) bond motifs is 3. The molecule has 0 amide bonds. The minimum absolute atomic E-state index is 0.364. The zero-order chi connectivity index (χ0) is 27.2. The first-order valence-electron chi connectivity index (χ1n) is 13.5. The number of aryl methyl sites for hydroxylation is 1. The van der Waals surface area contributed by atoms with Gasteiger partial charge in [0.05, 0.1) is 22.9 Å². The fourth-order valence-corrected chi connectivity index (χ4v) is 5.47. The van der Waals surface area contributed by atoms with Crippen LogP contribution >= 0.6 is 0 Å². The molecule has 6 heteroatoms. The van der Waals surface area contributed by atoms with Gasteiger partial charge in [-0.2, -0.15) is 5.10 Å². The van der Waals surface area contributed by atoms with Gasteiger partial charge in [-0.25, -0.2) is 9.97 Å². The Hall–Kier alpha value is -5.10. The van der Waals surface area contributed by atoms with Crippen molar-refractivity contribution in [3.8, 4) is 22.4 Å². The van der Waals surface area contributed by atoms with Crippen LogP contribution in [0.4, 0.5) is 11.5 Å². The molecular formula is C34H28N6. The van der Waals surface area contributed by atoms with E-state index in [1.807, 2.05) is 50.0 Å². The molecule has 7 aromatic rings. The lowest BCUT2D eigenvalue weighted by molar-refractivity contribution is 0.768. The van der Waals surface area contributed by atoms with Crippen molar-refractivity contribution in [2.24, 2.45) is 7.05 Å². The van der Waals surface area contributed by atoms with E-state index in [-0.39, 0.29) is 0 Å². The van der Waals surface area contributed by atoms with Gasteiger partial charge in [-0.1, -0.05) is 56.3 Å². The summed E-state index contributed by atoms with van der Waals surface area (Å²) in [6.45, 7) is 4.47. The minimum Gasteiger partial charge on any atom is -0.340 e. The van der Waals surface area contributed by atoms with Crippen molar-refractivity contribution in [1.29, 1.82) is 0 Å². The summed E-state index contributed by atoms with van der Waals surface area (Å²) < 4.78 is 1.78. The lowest BCUT2D eigenvalue weighted by atomic mass is 9.90. The molecule has 194 valence electrons. The smallest absolute Gasteiger partial charge is 0.130 e. The summed E-state index contributed by atoms with van der Waals surface area (Å²) in [5.74, 6) is 1.16. The van der Waals surface area contributed by atoms with E-state index in [1.165, 1.54) is 10.9 Å². The van der Waals surface area contributed by atoms with Crippen LogP contribution in [0.3, 0.4) is 0 Å². The summed E-state index contributed by atoms with van der Waals surface area (Å²) in [6.07, 6.45) is 7.59. The van der Waals surface area contributed by atoms with E-state index in [0.29, 0.717) is 5.92 Å². The third kappa shape index (κ3) is 4.24. The highest BCUT2D eigenvalue weighted by atomic mass is 15.2. The number of benzene rings is 3. The largest absolute Gasteiger partial charge is 0.340 e. The van der Waals surface area contributed by atoms with Crippen LogP contribution in [0.5, 0.6) is 0 Å². The van der Waals surface area contributed by atoms with Gasteiger partial charge < -0.3 is 5.32 Å². The number of aromatic nitrogens is 5. The second-order valence-corrected chi connectivity index (χ2v) is 10.5. The number of nitrogens with zero attached hydrogens (tertiary/aromatic N) is 5. The van der Waals surface area contributed by atoms with Crippen LogP contribution in [0.1, 0.15) is 25.3 Å². The van der Waals surface area contributed by atoms with Crippen molar-refractivity contribution >= 4 is 44.1 Å². The van der Waals surface area contributed by atoms with Gasteiger partial charge in [0, 0.05) is 53.0 Å². The Morgan fingerprint density at radius 1 is 0.750 bits per heavy atom. The molecule has 0 unspecified atom stereocenters. The number of pyridine rings is 3. The molecule has 0 saturated carbocycles. The van der Waals surface area contributed by atoms with Crippen LogP contribution in [-0.2, 0) is 7.05 Å². The maximum absolute atomic E-state index is 4.94. The molecule has 7 rings (SSSR count). The predicted octanol–water partition coefficient (Wildman–Crippen LogP) is 8.27. The maximum Gasteiger partial charge on any atom is 0.130 e. The van der Waals surface area contributed by atoms with Gasteiger partial charge in [0.1, 0.15) is 5.82 Å². The molecular weight excluding hydrogens is 492 g/mol. The third-order valence-electron chi connectivity index (χ3n) is 7.44. The molecule has 4 heterocycles. The number of hydrogen-bond donors (Lipinski definition) is 1. The molecule has 0 spiro atoms. The number of para-hydroxylation sites is 1. The first kappa shape index (κ1) is 24.0. The average molecular weight is 521 g/mol. The average Bonchev–Trinajstić information content (AvgIpc) is 3.41. The van der Waals surface area contributed by atoms with Gasteiger partial charge in [-0.05, 0) is 64.4 Å². The van der Waals surface area contributed by atoms with Gasteiger partial charge in [-0.15, -0.1) is 0 Å². The van der Waals surface area contributed by atoms with Crippen LogP contribution in [0, 0.1) is 0 Å². The second kappa shape index (κ2) is 9.58. The summed E-state index contributed by atoms with van der Waals surface area (Å²) >= 11 is 0. The standard InChI is InChI=1S/C34H28N6/c1-21(2)25-11-12-27(26-8-6-10-32-29(26)15-22-7-4-5-9-31(22)39-32)30-19-36-34(17-28(25)30)38-24-13-14-35-33(16-24)23-18-37-40(3)20-23/h4-21H,1-3H3,(H,35,36,38). The molecule has 3 aromatic carbocycles. The van der Waals surface area contributed by atoms with Crippen LogP contribution in [0.15, 0.2) is 104 Å². The SMILES string of the molecule is CC(C)c1ccc(-c2cccc3nc4ccccc4cc23)c2cnc(Nc3ccnc(-c4cnn(C)c4)c3)cc12. The fourth-order valence-electron chi connectivity index (χ4n) is 5.47. The summed E-state index contributed by atoms with van der Waals surface area (Å²) in [5, 5.41) is 12.4. The highest BCUT2D eigenvalue weighted by molar-refractivity contribution is 6.08. The first-order valence-corrected chi connectivity index (χ1v) is 13.5. The van der Waals surface area contributed by atoms with Gasteiger partial charge in [-0.3, -0.25) is 9.67 Å². The Morgan fingerprint density at radius 3 is 2.45 bits per heavy atom. The van der Waals surface area contributed by atoms with E-state index < -0.39 is 0 Å². The Labute approximate surface area is 232 Å². The van der Waals surface area contributed by atoms with Crippen molar-refractivity contribution in [3.63, 3.8) is 0 Å². The lowest BCUT2D eigenvalue weighted by Crippen LogP contribution is -1.98. The topological polar surface area (TPSA) is 68.5 Å². The molecule has 0 aliphatic carbocycles. The minimum atomic E-state index is 0.364. The number of nitrogens with one attached hydrogen (secondary N) is 1. The molecule has 0 radical (unpaired) electrons. The van der Waals surface area contributed by atoms with E-state index >= 15 is 0 Å². The lowest BCUT2D eigenvalue weighted by Gasteiger charge is -2.17. The van der Waals surface area contributed by atoms with Gasteiger partial charge in [0.2, 0.25) is 0 Å². The van der Waals surface area contributed by atoms with E-state index in [9.17, 15) is 0 Å². The first-order chi connectivity index (χ1) is 19.5. The van der Waals surface area contributed by atoms with Crippen molar-refractivity contribution in [1.82, 2.24) is 24.7 Å². The predicted molar refractivity (Wildman–Crippen MR) is 164 cm³/mol. The third-order valence-corrected chi connectivity index (χ3v) is 7.44. The molecule has 4 aromatic heterocycles. The molecule has 0 saturated heterocycles. The van der Waals surface area contributed by atoms with Crippen molar-refractivity contribution in [2.75, 3.05) is 5.32 Å². The zero-order valence-corrected chi connectivity index (χ0v) is 22.6. The number of anilines is 2. The van der Waals surface area contributed by atoms with E-state index in [0.717, 1.165) is 61.1 Å². The van der Waals surface area contributed by atoms with E-state index in [2.05, 4.69) is 89.9 Å². The Balaban J connectivity index is 1.34. The Morgan fingerprint density at radius 2 is 1.60 bits per heavy atom. The second-order valence-electron chi connectivity index (χ2n) is 10.5. The van der Waals surface area contributed by atoms with E-state index in [1.54, 1.807) is 4.68 Å². The molecule has 0 bridgehead atoms.